The van der Waals surface area contributed by atoms with Gasteiger partial charge in [-0.05, 0) is 43.0 Å². The van der Waals surface area contributed by atoms with E-state index in [1.54, 1.807) is 18.3 Å². The molecule has 1 aliphatic carbocycles. The van der Waals surface area contributed by atoms with E-state index in [9.17, 15) is 4.79 Å². The lowest BCUT2D eigenvalue weighted by atomic mass is 9.85. The molecule has 0 spiro atoms. The van der Waals surface area contributed by atoms with Crippen LogP contribution in [0.15, 0.2) is 18.3 Å². The third kappa shape index (κ3) is 2.46. The lowest BCUT2D eigenvalue weighted by Crippen LogP contribution is -2.27. The highest BCUT2D eigenvalue weighted by molar-refractivity contribution is 5.90. The molecule has 1 fully saturated rings. The minimum Gasteiger partial charge on any atom is -0.477 e. The van der Waals surface area contributed by atoms with E-state index in [1.807, 2.05) is 0 Å². The third-order valence-electron chi connectivity index (χ3n) is 3.79. The number of pyridine rings is 1. The molecule has 0 unspecified atom stereocenters. The predicted molar refractivity (Wildman–Crippen MR) is 72.1 cm³/mol. The maximum absolute atomic E-state index is 11.1. The van der Waals surface area contributed by atoms with Gasteiger partial charge in [0.2, 0.25) is 0 Å². The maximum atomic E-state index is 11.1. The van der Waals surface area contributed by atoms with E-state index in [2.05, 4.69) is 15.3 Å². The Morgan fingerprint density at radius 3 is 3.05 bits per heavy atom. The summed E-state index contributed by atoms with van der Waals surface area (Å²) < 4.78 is 0. The first-order valence-electron chi connectivity index (χ1n) is 6.65. The van der Waals surface area contributed by atoms with Gasteiger partial charge in [-0.25, -0.2) is 9.78 Å². The van der Waals surface area contributed by atoms with Gasteiger partial charge >= 0.3 is 5.97 Å². The van der Waals surface area contributed by atoms with Crippen molar-refractivity contribution >= 4 is 17.0 Å². The molecule has 1 saturated carbocycles. The molecule has 0 saturated heterocycles. The number of fused-ring (bicyclic) bond motifs is 1. The van der Waals surface area contributed by atoms with Crippen LogP contribution in [0.4, 0.5) is 0 Å². The summed E-state index contributed by atoms with van der Waals surface area (Å²) in [7, 11) is 0. The van der Waals surface area contributed by atoms with Crippen molar-refractivity contribution in [1.29, 1.82) is 0 Å². The highest BCUT2D eigenvalue weighted by atomic mass is 16.4. The van der Waals surface area contributed by atoms with Crippen molar-refractivity contribution in [1.82, 2.24) is 15.3 Å². The molecule has 100 valence electrons. The molecule has 0 radical (unpaired) electrons. The van der Waals surface area contributed by atoms with Gasteiger partial charge in [0.25, 0.3) is 0 Å². The molecule has 2 heterocycles. The normalized spacial score (nSPS) is 15.6. The fraction of sp³-hybridized carbons (Fsp3) is 0.429. The third-order valence-corrected chi connectivity index (χ3v) is 3.79. The van der Waals surface area contributed by atoms with Gasteiger partial charge in [0.05, 0.1) is 11.0 Å². The van der Waals surface area contributed by atoms with Gasteiger partial charge in [0.1, 0.15) is 5.69 Å². The van der Waals surface area contributed by atoms with Crippen LogP contribution in [0.2, 0.25) is 0 Å². The topological polar surface area (TPSA) is 78.0 Å². The van der Waals surface area contributed by atoms with Crippen LogP contribution in [0.5, 0.6) is 0 Å². The summed E-state index contributed by atoms with van der Waals surface area (Å²) in [5, 5.41) is 12.5. The number of hydrogen-bond donors (Lipinski definition) is 3. The number of aromatic amines is 1. The number of aromatic nitrogens is 2. The molecule has 3 rings (SSSR count). The van der Waals surface area contributed by atoms with Crippen molar-refractivity contribution in [2.24, 2.45) is 5.92 Å². The molecule has 2 aromatic heterocycles. The maximum Gasteiger partial charge on any atom is 0.354 e. The van der Waals surface area contributed by atoms with E-state index in [1.165, 1.54) is 19.3 Å². The summed E-state index contributed by atoms with van der Waals surface area (Å²) in [5.41, 5.74) is 2.70. The number of H-pyrrole nitrogens is 1. The van der Waals surface area contributed by atoms with E-state index in [-0.39, 0.29) is 5.69 Å². The molecule has 0 amide bonds. The molecule has 5 heteroatoms. The Bertz CT molecular complexity index is 602. The zero-order chi connectivity index (χ0) is 13.2. The van der Waals surface area contributed by atoms with Crippen molar-refractivity contribution < 1.29 is 9.90 Å². The number of carboxylic acid groups (broad SMARTS) is 1. The number of carboxylic acids is 1. The monoisotopic (exact) mass is 259 g/mol. The van der Waals surface area contributed by atoms with Crippen molar-refractivity contribution in [3.63, 3.8) is 0 Å². The molecule has 0 aromatic carbocycles. The van der Waals surface area contributed by atoms with Crippen LogP contribution in [0.3, 0.4) is 0 Å². The first-order chi connectivity index (χ1) is 9.24. The van der Waals surface area contributed by atoms with E-state index >= 15 is 0 Å². The molecular weight excluding hydrogens is 242 g/mol. The molecule has 19 heavy (non-hydrogen) atoms. The number of hydrogen-bond acceptors (Lipinski definition) is 3. The number of carbonyl (C=O) groups is 1. The summed E-state index contributed by atoms with van der Waals surface area (Å²) in [4.78, 5) is 18.3. The van der Waals surface area contributed by atoms with Crippen LogP contribution in [-0.2, 0) is 6.54 Å². The molecule has 0 bridgehead atoms. The van der Waals surface area contributed by atoms with Crippen LogP contribution >= 0.6 is 0 Å². The Morgan fingerprint density at radius 2 is 2.37 bits per heavy atom. The second-order valence-corrected chi connectivity index (χ2v) is 5.14. The Hall–Kier alpha value is -1.88. The fourth-order valence-electron chi connectivity index (χ4n) is 2.47. The van der Waals surface area contributed by atoms with Gasteiger partial charge in [-0.15, -0.1) is 0 Å². The van der Waals surface area contributed by atoms with Crippen molar-refractivity contribution in [3.8, 4) is 0 Å². The smallest absolute Gasteiger partial charge is 0.354 e. The molecule has 3 N–H and O–H groups in total. The van der Waals surface area contributed by atoms with E-state index in [0.29, 0.717) is 12.1 Å². The van der Waals surface area contributed by atoms with Crippen molar-refractivity contribution in [2.75, 3.05) is 6.54 Å². The van der Waals surface area contributed by atoms with Gasteiger partial charge in [0.15, 0.2) is 0 Å². The zero-order valence-corrected chi connectivity index (χ0v) is 10.6. The molecule has 5 nitrogen and oxygen atoms in total. The minimum absolute atomic E-state index is 0.104. The average molecular weight is 259 g/mol. The zero-order valence-electron chi connectivity index (χ0n) is 10.6. The van der Waals surface area contributed by atoms with Crippen LogP contribution in [0, 0.1) is 5.92 Å². The standard InChI is InChI=1S/C14H17N3O2/c18-14(19)12-6-10(8-15-7-9-2-1-3-9)13-11(17-12)4-5-16-13/h4-6,9,15-16H,1-3,7-8H2,(H,18,19). The van der Waals surface area contributed by atoms with Crippen LogP contribution < -0.4 is 5.32 Å². The fourth-order valence-corrected chi connectivity index (χ4v) is 2.47. The van der Waals surface area contributed by atoms with Gasteiger partial charge in [-0.3, -0.25) is 0 Å². The number of rotatable bonds is 5. The summed E-state index contributed by atoms with van der Waals surface area (Å²) in [6.45, 7) is 1.68. The summed E-state index contributed by atoms with van der Waals surface area (Å²) in [6, 6.07) is 3.45. The first-order valence-corrected chi connectivity index (χ1v) is 6.65. The number of nitrogens with one attached hydrogen (secondary N) is 2. The lowest BCUT2D eigenvalue weighted by Gasteiger charge is -2.25. The van der Waals surface area contributed by atoms with Crippen molar-refractivity contribution in [2.45, 2.75) is 25.8 Å². The SMILES string of the molecule is O=C(O)c1cc(CNCC2CCC2)c2[nH]ccc2n1. The van der Waals surface area contributed by atoms with E-state index in [0.717, 1.165) is 23.5 Å². The van der Waals surface area contributed by atoms with E-state index in [4.69, 9.17) is 5.11 Å². The number of nitrogens with zero attached hydrogens (tertiary/aromatic N) is 1. The van der Waals surface area contributed by atoms with Crippen LogP contribution in [0.1, 0.15) is 35.3 Å². The Morgan fingerprint density at radius 1 is 1.53 bits per heavy atom. The predicted octanol–water partition coefficient (Wildman–Crippen LogP) is 2.15. The van der Waals surface area contributed by atoms with Gasteiger partial charge in [0, 0.05) is 12.7 Å². The molecule has 0 aliphatic heterocycles. The molecular formula is C14H17N3O2. The van der Waals surface area contributed by atoms with Crippen LogP contribution in [0.25, 0.3) is 11.0 Å². The Kier molecular flexibility index (Phi) is 3.21. The summed E-state index contributed by atoms with van der Waals surface area (Å²) in [6.07, 6.45) is 5.74. The van der Waals surface area contributed by atoms with E-state index < -0.39 is 5.97 Å². The Balaban J connectivity index is 1.79. The van der Waals surface area contributed by atoms with Gasteiger partial charge in [-0.1, -0.05) is 6.42 Å². The quantitative estimate of drug-likeness (QED) is 0.768. The molecule has 0 atom stereocenters. The Labute approximate surface area is 111 Å². The number of aromatic carboxylic acids is 1. The molecule has 1 aliphatic rings. The van der Waals surface area contributed by atoms with Gasteiger partial charge < -0.3 is 15.4 Å². The minimum atomic E-state index is -0.983. The average Bonchev–Trinajstić information content (AvgIpc) is 2.80. The first kappa shape index (κ1) is 12.2. The second-order valence-electron chi connectivity index (χ2n) is 5.14. The lowest BCUT2D eigenvalue weighted by molar-refractivity contribution is 0.0691. The van der Waals surface area contributed by atoms with Gasteiger partial charge in [-0.2, -0.15) is 0 Å². The van der Waals surface area contributed by atoms with Crippen molar-refractivity contribution in [3.05, 3.63) is 29.6 Å². The summed E-state index contributed by atoms with van der Waals surface area (Å²) >= 11 is 0. The highest BCUT2D eigenvalue weighted by Crippen LogP contribution is 2.25. The summed E-state index contributed by atoms with van der Waals surface area (Å²) in [5.74, 6) is -0.191. The second kappa shape index (κ2) is 5.01. The largest absolute Gasteiger partial charge is 0.477 e. The highest BCUT2D eigenvalue weighted by Gasteiger charge is 2.17. The van der Waals surface area contributed by atoms with Crippen LogP contribution in [-0.4, -0.2) is 27.6 Å². The molecule has 2 aromatic rings.